The summed E-state index contributed by atoms with van der Waals surface area (Å²) in [4.78, 5) is 31.2. The zero-order valence-corrected chi connectivity index (χ0v) is 18.7. The maximum atomic E-state index is 12.7. The van der Waals surface area contributed by atoms with Crippen LogP contribution in [0.25, 0.3) is 10.9 Å². The van der Waals surface area contributed by atoms with Gasteiger partial charge in [0.25, 0.3) is 5.56 Å². The van der Waals surface area contributed by atoms with E-state index in [0.29, 0.717) is 24.0 Å². The Morgan fingerprint density at radius 1 is 1.13 bits per heavy atom. The molecule has 0 aliphatic heterocycles. The van der Waals surface area contributed by atoms with Crippen LogP contribution in [-0.4, -0.2) is 37.2 Å². The maximum absolute atomic E-state index is 12.7. The number of aryl methyl sites for hydroxylation is 1. The number of aromatic nitrogens is 4. The normalized spacial score (nSPS) is 11.0. The van der Waals surface area contributed by atoms with Gasteiger partial charge < -0.3 is 4.90 Å². The van der Waals surface area contributed by atoms with E-state index < -0.39 is 0 Å². The molecule has 0 aliphatic rings. The number of hydrogen-bond acceptors (Lipinski definition) is 4. The quantitative estimate of drug-likeness (QED) is 0.406. The predicted molar refractivity (Wildman–Crippen MR) is 123 cm³/mol. The standard InChI is InChI=1S/C23H22BrN5O2/c1-27(13-18-12-26-29(15-18)14-17-5-3-2-4-6-17)22(30)9-10-28-16-25-21-8-7-19(24)11-20(21)23(28)31/h2-8,11-12,15-16H,9-10,13-14H2,1H3. The zero-order valence-electron chi connectivity index (χ0n) is 17.1. The van der Waals surface area contributed by atoms with Crippen LogP contribution in [0.3, 0.4) is 0 Å². The van der Waals surface area contributed by atoms with E-state index >= 15 is 0 Å². The minimum absolute atomic E-state index is 0.0444. The highest BCUT2D eigenvalue weighted by Crippen LogP contribution is 2.15. The van der Waals surface area contributed by atoms with Crippen LogP contribution in [-0.2, 0) is 24.4 Å². The molecule has 2 aromatic carbocycles. The van der Waals surface area contributed by atoms with Crippen molar-refractivity contribution in [3.8, 4) is 0 Å². The van der Waals surface area contributed by atoms with Gasteiger partial charge in [-0.2, -0.15) is 5.10 Å². The molecule has 0 bridgehead atoms. The van der Waals surface area contributed by atoms with Crippen LogP contribution in [0, 0.1) is 0 Å². The van der Waals surface area contributed by atoms with Crippen molar-refractivity contribution in [2.24, 2.45) is 0 Å². The lowest BCUT2D eigenvalue weighted by Gasteiger charge is -2.16. The Morgan fingerprint density at radius 3 is 2.74 bits per heavy atom. The molecule has 0 saturated carbocycles. The van der Waals surface area contributed by atoms with Gasteiger partial charge in [0.05, 0.1) is 30.0 Å². The first-order valence-electron chi connectivity index (χ1n) is 9.93. The van der Waals surface area contributed by atoms with Gasteiger partial charge in [0, 0.05) is 42.8 Å². The Morgan fingerprint density at radius 2 is 1.94 bits per heavy atom. The SMILES string of the molecule is CN(Cc1cnn(Cc2ccccc2)c1)C(=O)CCn1cnc2ccc(Br)cc2c1=O. The van der Waals surface area contributed by atoms with E-state index in [1.165, 1.54) is 16.5 Å². The lowest BCUT2D eigenvalue weighted by Crippen LogP contribution is -2.29. The molecule has 0 saturated heterocycles. The fraction of sp³-hybridized carbons (Fsp3) is 0.217. The molecule has 2 aromatic heterocycles. The Balaban J connectivity index is 1.36. The third kappa shape index (κ3) is 5.08. The first kappa shape index (κ1) is 21.0. The summed E-state index contributed by atoms with van der Waals surface area (Å²) >= 11 is 3.38. The van der Waals surface area contributed by atoms with Gasteiger partial charge in [-0.05, 0) is 23.8 Å². The number of nitrogens with zero attached hydrogens (tertiary/aromatic N) is 5. The average Bonchev–Trinajstić information content (AvgIpc) is 3.20. The summed E-state index contributed by atoms with van der Waals surface area (Å²) in [6.45, 7) is 1.43. The van der Waals surface area contributed by atoms with Crippen molar-refractivity contribution >= 4 is 32.7 Å². The van der Waals surface area contributed by atoms with E-state index in [-0.39, 0.29) is 24.4 Å². The van der Waals surface area contributed by atoms with Gasteiger partial charge in [-0.25, -0.2) is 4.98 Å². The first-order valence-corrected chi connectivity index (χ1v) is 10.7. The predicted octanol–water partition coefficient (Wildman–Crippen LogP) is 3.45. The molecule has 158 valence electrons. The summed E-state index contributed by atoms with van der Waals surface area (Å²) < 4.78 is 4.17. The van der Waals surface area contributed by atoms with Crippen molar-refractivity contribution in [1.29, 1.82) is 0 Å². The van der Waals surface area contributed by atoms with Crippen LogP contribution in [0.1, 0.15) is 17.5 Å². The van der Waals surface area contributed by atoms with Crippen LogP contribution < -0.4 is 5.56 Å². The molecule has 7 nitrogen and oxygen atoms in total. The van der Waals surface area contributed by atoms with Crippen LogP contribution in [0.4, 0.5) is 0 Å². The molecular formula is C23H22BrN5O2. The van der Waals surface area contributed by atoms with Crippen molar-refractivity contribution in [2.45, 2.75) is 26.1 Å². The Kier molecular flexibility index (Phi) is 6.27. The van der Waals surface area contributed by atoms with Crippen molar-refractivity contribution < 1.29 is 4.79 Å². The third-order valence-electron chi connectivity index (χ3n) is 5.07. The molecule has 4 rings (SSSR count). The third-order valence-corrected chi connectivity index (χ3v) is 5.57. The molecule has 8 heteroatoms. The van der Waals surface area contributed by atoms with Gasteiger partial charge in [-0.1, -0.05) is 46.3 Å². The summed E-state index contributed by atoms with van der Waals surface area (Å²) in [5, 5.41) is 4.92. The van der Waals surface area contributed by atoms with Gasteiger partial charge in [0.1, 0.15) is 0 Å². The molecule has 4 aromatic rings. The molecular weight excluding hydrogens is 458 g/mol. The smallest absolute Gasteiger partial charge is 0.261 e. The highest BCUT2D eigenvalue weighted by molar-refractivity contribution is 9.10. The van der Waals surface area contributed by atoms with E-state index in [4.69, 9.17) is 0 Å². The summed E-state index contributed by atoms with van der Waals surface area (Å²) in [7, 11) is 1.76. The van der Waals surface area contributed by atoms with Gasteiger partial charge in [0.15, 0.2) is 0 Å². The minimum atomic E-state index is -0.149. The van der Waals surface area contributed by atoms with Gasteiger partial charge in [0.2, 0.25) is 5.91 Å². The van der Waals surface area contributed by atoms with Crippen molar-refractivity contribution in [2.75, 3.05) is 7.05 Å². The average molecular weight is 480 g/mol. The first-order chi connectivity index (χ1) is 15.0. The molecule has 0 unspecified atom stereocenters. The van der Waals surface area contributed by atoms with Crippen molar-refractivity contribution in [1.82, 2.24) is 24.2 Å². The largest absolute Gasteiger partial charge is 0.341 e. The molecule has 0 atom stereocenters. The number of amides is 1. The number of hydrogen-bond donors (Lipinski definition) is 0. The summed E-state index contributed by atoms with van der Waals surface area (Å²) in [6, 6.07) is 15.5. The monoisotopic (exact) mass is 479 g/mol. The second-order valence-electron chi connectivity index (χ2n) is 7.44. The highest BCUT2D eigenvalue weighted by atomic mass is 79.9. The second kappa shape index (κ2) is 9.26. The van der Waals surface area contributed by atoms with Gasteiger partial charge in [-0.15, -0.1) is 0 Å². The second-order valence-corrected chi connectivity index (χ2v) is 8.35. The number of fused-ring (bicyclic) bond motifs is 1. The lowest BCUT2D eigenvalue weighted by atomic mass is 10.2. The fourth-order valence-corrected chi connectivity index (χ4v) is 3.77. The molecule has 0 spiro atoms. The Labute approximate surface area is 188 Å². The molecule has 31 heavy (non-hydrogen) atoms. The summed E-state index contributed by atoms with van der Waals surface area (Å²) in [5.41, 5.74) is 2.62. The van der Waals surface area contributed by atoms with E-state index in [0.717, 1.165) is 10.0 Å². The minimum Gasteiger partial charge on any atom is -0.341 e. The fourth-order valence-electron chi connectivity index (χ4n) is 3.40. The number of rotatable bonds is 7. The number of carbonyl (C=O) groups is 1. The lowest BCUT2D eigenvalue weighted by molar-refractivity contribution is -0.130. The van der Waals surface area contributed by atoms with Crippen LogP contribution in [0.15, 0.2) is 76.5 Å². The number of benzene rings is 2. The molecule has 0 aliphatic carbocycles. The van der Waals surface area contributed by atoms with Gasteiger partial charge in [-0.3, -0.25) is 18.8 Å². The Hall–Kier alpha value is -3.26. The highest BCUT2D eigenvalue weighted by Gasteiger charge is 2.12. The molecule has 0 fully saturated rings. The molecule has 0 N–H and O–H groups in total. The van der Waals surface area contributed by atoms with Crippen molar-refractivity contribution in [3.05, 3.63) is 93.2 Å². The van der Waals surface area contributed by atoms with E-state index in [1.807, 2.05) is 35.1 Å². The van der Waals surface area contributed by atoms with Crippen LogP contribution >= 0.6 is 15.9 Å². The Bertz CT molecular complexity index is 1270. The summed E-state index contributed by atoms with van der Waals surface area (Å²) in [5.74, 6) is -0.0444. The number of halogens is 1. The van der Waals surface area contributed by atoms with Crippen LogP contribution in [0.2, 0.25) is 0 Å². The molecule has 1 amide bonds. The topological polar surface area (TPSA) is 73.0 Å². The number of carbonyl (C=O) groups excluding carboxylic acids is 1. The zero-order chi connectivity index (χ0) is 21.8. The van der Waals surface area contributed by atoms with E-state index in [9.17, 15) is 9.59 Å². The maximum Gasteiger partial charge on any atom is 0.261 e. The van der Waals surface area contributed by atoms with Crippen LogP contribution in [0.5, 0.6) is 0 Å². The van der Waals surface area contributed by atoms with Gasteiger partial charge >= 0.3 is 0 Å². The van der Waals surface area contributed by atoms with E-state index in [2.05, 4.69) is 38.1 Å². The summed E-state index contributed by atoms with van der Waals surface area (Å²) in [6.07, 6.45) is 5.45. The van der Waals surface area contributed by atoms with Crippen molar-refractivity contribution in [3.63, 3.8) is 0 Å². The van der Waals surface area contributed by atoms with E-state index in [1.54, 1.807) is 30.3 Å². The molecule has 0 radical (unpaired) electrons. The molecule has 2 heterocycles.